The van der Waals surface area contributed by atoms with Crippen LogP contribution in [0.1, 0.15) is 25.7 Å². The van der Waals surface area contributed by atoms with Gasteiger partial charge in [-0.15, -0.1) is 0 Å². The Morgan fingerprint density at radius 2 is 1.06 bits per heavy atom. The van der Waals surface area contributed by atoms with Crippen LogP contribution in [-0.4, -0.2) is 18.5 Å². The minimum Gasteiger partial charge on any atom is -0.279 e. The van der Waals surface area contributed by atoms with Crippen LogP contribution in [0.15, 0.2) is 24.3 Å². The summed E-state index contributed by atoms with van der Waals surface area (Å²) in [5.74, 6) is 0. The summed E-state index contributed by atoms with van der Waals surface area (Å²) in [6.07, 6.45) is 14.0. The first kappa shape index (κ1) is 19.2. The molecule has 0 aromatic carbocycles. The molecule has 0 atom stereocenters. The zero-order valence-corrected chi connectivity index (χ0v) is 11.2. The molecule has 1 radical (unpaired) electrons. The molecule has 0 heterocycles. The van der Waals surface area contributed by atoms with Crippen molar-refractivity contribution in [2.24, 2.45) is 0 Å². The molecule has 1 aliphatic rings. The molecule has 0 spiro atoms. The van der Waals surface area contributed by atoms with Crippen molar-refractivity contribution in [3.8, 4) is 0 Å². The van der Waals surface area contributed by atoms with E-state index in [0.29, 0.717) is 0 Å². The molecule has 0 saturated carbocycles. The van der Waals surface area contributed by atoms with E-state index in [1.54, 1.807) is 0 Å². The van der Waals surface area contributed by atoms with Crippen LogP contribution in [0.25, 0.3) is 0 Å². The molecule has 0 saturated heterocycles. The van der Waals surface area contributed by atoms with Gasteiger partial charge in [0.15, 0.2) is 0 Å². The summed E-state index contributed by atoms with van der Waals surface area (Å²) in [5, 5.41) is 0. The minimum absolute atomic E-state index is 0. The summed E-state index contributed by atoms with van der Waals surface area (Å²) in [7, 11) is -5.84. The second-order valence-corrected chi connectivity index (χ2v) is 4.43. The Hall–Kier alpha value is -0.197. The summed E-state index contributed by atoms with van der Waals surface area (Å²) >= 11 is 0. The van der Waals surface area contributed by atoms with E-state index in [4.69, 9.17) is 13.0 Å². The summed E-state index contributed by atoms with van der Waals surface area (Å²) in [4.78, 5) is 0. The van der Waals surface area contributed by atoms with Gasteiger partial charge in [-0.3, -0.25) is 4.55 Å². The SMILES string of the molecule is C1=C\CC/C=C\CC/1.O=S(=O)(O)C(F)(F)F.[Rh]. The molecule has 0 fully saturated rings. The van der Waals surface area contributed by atoms with Gasteiger partial charge in [-0.2, -0.15) is 21.6 Å². The Balaban J connectivity index is 0. The van der Waals surface area contributed by atoms with E-state index in [9.17, 15) is 13.2 Å². The molecule has 0 aliphatic heterocycles. The molecule has 0 unspecified atom stereocenters. The van der Waals surface area contributed by atoms with Crippen molar-refractivity contribution in [3.05, 3.63) is 24.3 Å². The fraction of sp³-hybridized carbons (Fsp3) is 0.556. The number of hydrogen-bond acceptors (Lipinski definition) is 2. The summed E-state index contributed by atoms with van der Waals surface area (Å²) in [5.41, 5.74) is -5.53. The zero-order chi connectivity index (χ0) is 12.7. The van der Waals surface area contributed by atoms with Crippen molar-refractivity contribution in [2.45, 2.75) is 31.2 Å². The number of rotatable bonds is 0. The fourth-order valence-electron chi connectivity index (χ4n) is 0.856. The molecule has 0 aromatic heterocycles. The van der Waals surface area contributed by atoms with Crippen LogP contribution in [0.2, 0.25) is 0 Å². The quantitative estimate of drug-likeness (QED) is 0.312. The third-order valence-electron chi connectivity index (χ3n) is 1.63. The summed E-state index contributed by atoms with van der Waals surface area (Å²) in [6, 6.07) is 0. The largest absolute Gasteiger partial charge is 0.522 e. The van der Waals surface area contributed by atoms with Crippen LogP contribution in [-0.2, 0) is 29.6 Å². The van der Waals surface area contributed by atoms with Crippen molar-refractivity contribution >= 4 is 10.1 Å². The monoisotopic (exact) mass is 361 g/mol. The molecular formula is C9H13F3O3RhS. The van der Waals surface area contributed by atoms with Crippen molar-refractivity contribution in [1.82, 2.24) is 0 Å². The maximum Gasteiger partial charge on any atom is 0.522 e. The molecule has 1 rings (SSSR count). The molecule has 17 heavy (non-hydrogen) atoms. The molecule has 0 amide bonds. The first-order valence-corrected chi connectivity index (χ1v) is 6.03. The maximum absolute atomic E-state index is 10.7. The van der Waals surface area contributed by atoms with Crippen LogP contribution in [0.5, 0.6) is 0 Å². The van der Waals surface area contributed by atoms with Gasteiger partial charge in [0.05, 0.1) is 0 Å². The van der Waals surface area contributed by atoms with Crippen LogP contribution >= 0.6 is 0 Å². The number of allylic oxidation sites excluding steroid dienone is 4. The van der Waals surface area contributed by atoms with Crippen molar-refractivity contribution < 1.29 is 45.6 Å². The Kier molecular flexibility index (Phi) is 9.95. The first-order chi connectivity index (χ1) is 7.25. The van der Waals surface area contributed by atoms with Gasteiger partial charge in [0.1, 0.15) is 0 Å². The van der Waals surface area contributed by atoms with Crippen molar-refractivity contribution in [1.29, 1.82) is 0 Å². The molecule has 1 aliphatic carbocycles. The predicted molar refractivity (Wildman–Crippen MR) is 54.4 cm³/mol. The van der Waals surface area contributed by atoms with Gasteiger partial charge in [0, 0.05) is 19.5 Å². The average Bonchev–Trinajstić information content (AvgIpc) is 1.98. The van der Waals surface area contributed by atoms with Gasteiger partial charge in [-0.1, -0.05) is 24.3 Å². The van der Waals surface area contributed by atoms with E-state index >= 15 is 0 Å². The number of hydrogen-bond donors (Lipinski definition) is 1. The standard InChI is InChI=1S/C8H12.CHF3O3S.Rh/c1-2-4-6-8-7-5-3-1;2-1(3,4)8(5,6)7;/h1-2,7-8H,3-6H2;(H,5,6,7);/b2-1-,8-7-;;. The number of alkyl halides is 3. The Morgan fingerprint density at radius 3 is 1.18 bits per heavy atom. The van der Waals surface area contributed by atoms with Gasteiger partial charge < -0.3 is 0 Å². The number of halogens is 3. The second kappa shape index (κ2) is 8.83. The van der Waals surface area contributed by atoms with Gasteiger partial charge in [-0.05, 0) is 25.7 Å². The summed E-state index contributed by atoms with van der Waals surface area (Å²) < 4.78 is 57.5. The smallest absolute Gasteiger partial charge is 0.279 e. The van der Waals surface area contributed by atoms with Crippen LogP contribution in [0, 0.1) is 0 Å². The Morgan fingerprint density at radius 1 is 0.882 bits per heavy atom. The van der Waals surface area contributed by atoms with E-state index in [0.717, 1.165) is 0 Å². The van der Waals surface area contributed by atoms with E-state index < -0.39 is 15.6 Å². The van der Waals surface area contributed by atoms with E-state index in [1.807, 2.05) is 0 Å². The fourth-order valence-corrected chi connectivity index (χ4v) is 0.856. The zero-order valence-electron chi connectivity index (χ0n) is 8.78. The second-order valence-electron chi connectivity index (χ2n) is 3.02. The van der Waals surface area contributed by atoms with Gasteiger partial charge in [0.2, 0.25) is 0 Å². The summed E-state index contributed by atoms with van der Waals surface area (Å²) in [6.45, 7) is 0. The van der Waals surface area contributed by atoms with E-state index in [1.165, 1.54) is 25.7 Å². The third kappa shape index (κ3) is 10.7. The topological polar surface area (TPSA) is 54.4 Å². The molecule has 103 valence electrons. The van der Waals surface area contributed by atoms with Gasteiger partial charge in [0.25, 0.3) is 0 Å². The Labute approximate surface area is 111 Å². The van der Waals surface area contributed by atoms with Gasteiger partial charge >= 0.3 is 15.6 Å². The molecule has 8 heteroatoms. The average molecular weight is 361 g/mol. The normalized spacial score (nSPS) is 19.8. The van der Waals surface area contributed by atoms with Crippen molar-refractivity contribution in [3.63, 3.8) is 0 Å². The van der Waals surface area contributed by atoms with E-state index in [-0.39, 0.29) is 19.5 Å². The van der Waals surface area contributed by atoms with E-state index in [2.05, 4.69) is 24.3 Å². The molecule has 3 nitrogen and oxygen atoms in total. The molecular weight excluding hydrogens is 348 g/mol. The maximum atomic E-state index is 10.7. The predicted octanol–water partition coefficient (Wildman–Crippen LogP) is 3.06. The van der Waals surface area contributed by atoms with Crippen LogP contribution < -0.4 is 0 Å². The third-order valence-corrected chi connectivity index (χ3v) is 2.21. The first-order valence-electron chi connectivity index (χ1n) is 4.59. The molecule has 1 N–H and O–H groups in total. The van der Waals surface area contributed by atoms with Gasteiger partial charge in [-0.25, -0.2) is 0 Å². The van der Waals surface area contributed by atoms with Crippen LogP contribution in [0.3, 0.4) is 0 Å². The minimum atomic E-state index is -5.84. The van der Waals surface area contributed by atoms with Crippen molar-refractivity contribution in [2.75, 3.05) is 0 Å². The van der Waals surface area contributed by atoms with Crippen LogP contribution in [0.4, 0.5) is 13.2 Å². The molecule has 0 aromatic rings. The molecule has 0 bridgehead atoms. The Bertz CT molecular complexity index is 321.